The predicted molar refractivity (Wildman–Crippen MR) is 58.6 cm³/mol. The van der Waals surface area contributed by atoms with Gasteiger partial charge < -0.3 is 10.5 Å². The predicted octanol–water partition coefficient (Wildman–Crippen LogP) is -0.0231. The van der Waals surface area contributed by atoms with Gasteiger partial charge in [0.15, 0.2) is 0 Å². The number of nitrogens with zero attached hydrogens (tertiary/aromatic N) is 3. The number of esters is 1. The van der Waals surface area contributed by atoms with Crippen LogP contribution in [0.4, 0.5) is 0 Å². The number of nitrogens with two attached hydrogens (primary N) is 1. The van der Waals surface area contributed by atoms with Crippen molar-refractivity contribution in [1.29, 1.82) is 0 Å². The number of hydrogen-bond acceptors (Lipinski definition) is 5. The second-order valence-corrected chi connectivity index (χ2v) is 4.09. The molecule has 1 aromatic rings. The van der Waals surface area contributed by atoms with E-state index in [9.17, 15) is 4.79 Å². The molecule has 1 rings (SSSR count). The number of carbonyl (C=O) groups excluding carboxylic acids is 1. The topological polar surface area (TPSA) is 83.0 Å². The molecule has 0 aliphatic carbocycles. The monoisotopic (exact) mass is 226 g/mol. The first-order chi connectivity index (χ1) is 7.54. The average Bonchev–Trinajstić information content (AvgIpc) is 2.63. The summed E-state index contributed by atoms with van der Waals surface area (Å²) in [7, 11) is 1.32. The van der Waals surface area contributed by atoms with Crippen molar-refractivity contribution in [2.24, 2.45) is 11.7 Å². The van der Waals surface area contributed by atoms with Gasteiger partial charge in [0, 0.05) is 13.0 Å². The quantitative estimate of drug-likeness (QED) is 0.713. The third-order valence-corrected chi connectivity index (χ3v) is 2.14. The van der Waals surface area contributed by atoms with Crippen LogP contribution in [0.5, 0.6) is 0 Å². The Kier molecular flexibility index (Phi) is 4.42. The molecular formula is C10H18N4O2. The van der Waals surface area contributed by atoms with Gasteiger partial charge in [0.05, 0.1) is 7.11 Å². The van der Waals surface area contributed by atoms with E-state index in [-0.39, 0.29) is 0 Å². The van der Waals surface area contributed by atoms with Crippen molar-refractivity contribution in [1.82, 2.24) is 14.8 Å². The van der Waals surface area contributed by atoms with Gasteiger partial charge in [-0.1, -0.05) is 13.8 Å². The summed E-state index contributed by atoms with van der Waals surface area (Å²) in [4.78, 5) is 15.3. The van der Waals surface area contributed by atoms with E-state index in [0.717, 1.165) is 6.54 Å². The van der Waals surface area contributed by atoms with E-state index in [4.69, 9.17) is 5.73 Å². The molecule has 0 aliphatic heterocycles. The minimum absolute atomic E-state index is 0.347. The number of rotatable bonds is 5. The molecule has 0 aromatic carbocycles. The molecule has 0 amide bonds. The van der Waals surface area contributed by atoms with Crippen LogP contribution in [-0.2, 0) is 22.5 Å². The standard InChI is InChI=1S/C10H18N4O2/c1-7(2)5-14-9(12-6-13-14)4-8(11)10(15)16-3/h6-8H,4-5,11H2,1-3H3. The molecule has 0 spiro atoms. The highest BCUT2D eigenvalue weighted by atomic mass is 16.5. The Morgan fingerprint density at radius 1 is 1.62 bits per heavy atom. The molecule has 0 bridgehead atoms. The minimum atomic E-state index is -0.680. The highest BCUT2D eigenvalue weighted by molar-refractivity contribution is 5.75. The first-order valence-corrected chi connectivity index (χ1v) is 5.24. The fourth-order valence-electron chi connectivity index (χ4n) is 1.38. The third kappa shape index (κ3) is 3.30. The molecule has 1 atom stereocenters. The molecule has 0 saturated heterocycles. The first-order valence-electron chi connectivity index (χ1n) is 5.24. The molecule has 0 fully saturated rings. The van der Waals surface area contributed by atoms with Gasteiger partial charge >= 0.3 is 5.97 Å². The summed E-state index contributed by atoms with van der Waals surface area (Å²) >= 11 is 0. The number of carbonyl (C=O) groups is 1. The number of hydrogen-bond donors (Lipinski definition) is 1. The maximum absolute atomic E-state index is 11.2. The van der Waals surface area contributed by atoms with Crippen molar-refractivity contribution in [3.8, 4) is 0 Å². The minimum Gasteiger partial charge on any atom is -0.468 e. The van der Waals surface area contributed by atoms with Crippen LogP contribution < -0.4 is 5.73 Å². The van der Waals surface area contributed by atoms with Gasteiger partial charge in [0.25, 0.3) is 0 Å². The van der Waals surface area contributed by atoms with E-state index in [0.29, 0.717) is 18.2 Å². The van der Waals surface area contributed by atoms with Crippen LogP contribution in [-0.4, -0.2) is 33.9 Å². The highest BCUT2D eigenvalue weighted by Gasteiger charge is 2.17. The molecule has 1 aromatic heterocycles. The molecule has 6 nitrogen and oxygen atoms in total. The molecule has 6 heteroatoms. The second-order valence-electron chi connectivity index (χ2n) is 4.09. The van der Waals surface area contributed by atoms with Gasteiger partial charge in [-0.2, -0.15) is 5.10 Å². The number of ether oxygens (including phenoxy) is 1. The molecule has 0 radical (unpaired) electrons. The zero-order chi connectivity index (χ0) is 12.1. The number of aromatic nitrogens is 3. The lowest BCUT2D eigenvalue weighted by Crippen LogP contribution is -2.34. The molecule has 0 aliphatic rings. The van der Waals surface area contributed by atoms with E-state index in [1.807, 2.05) is 0 Å². The third-order valence-electron chi connectivity index (χ3n) is 2.14. The van der Waals surface area contributed by atoms with Gasteiger partial charge in [-0.3, -0.25) is 4.79 Å². The molecule has 1 unspecified atom stereocenters. The Labute approximate surface area is 94.8 Å². The highest BCUT2D eigenvalue weighted by Crippen LogP contribution is 2.03. The Bertz CT molecular complexity index is 348. The summed E-state index contributed by atoms with van der Waals surface area (Å²) < 4.78 is 6.33. The van der Waals surface area contributed by atoms with Gasteiger partial charge in [0.1, 0.15) is 18.2 Å². The van der Waals surface area contributed by atoms with Crippen molar-refractivity contribution in [3.05, 3.63) is 12.2 Å². The maximum Gasteiger partial charge on any atom is 0.323 e. The summed E-state index contributed by atoms with van der Waals surface area (Å²) in [5.41, 5.74) is 5.66. The summed E-state index contributed by atoms with van der Waals surface area (Å²) in [6.45, 7) is 4.95. The summed E-state index contributed by atoms with van der Waals surface area (Å²) in [5.74, 6) is 0.750. The van der Waals surface area contributed by atoms with E-state index in [1.165, 1.54) is 13.4 Å². The fraction of sp³-hybridized carbons (Fsp3) is 0.700. The first kappa shape index (κ1) is 12.6. The molecule has 0 saturated carbocycles. The van der Waals surface area contributed by atoms with Crippen LogP contribution in [0.3, 0.4) is 0 Å². The van der Waals surface area contributed by atoms with E-state index >= 15 is 0 Å². The Morgan fingerprint density at radius 2 is 2.31 bits per heavy atom. The summed E-state index contributed by atoms with van der Waals surface area (Å²) in [5, 5.41) is 4.09. The molecule has 2 N–H and O–H groups in total. The largest absolute Gasteiger partial charge is 0.468 e. The average molecular weight is 226 g/mol. The SMILES string of the molecule is COC(=O)C(N)Cc1ncnn1CC(C)C. The maximum atomic E-state index is 11.2. The van der Waals surface area contributed by atoms with E-state index in [2.05, 4.69) is 28.7 Å². The molecular weight excluding hydrogens is 208 g/mol. The Morgan fingerprint density at radius 3 is 2.88 bits per heavy atom. The van der Waals surface area contributed by atoms with Crippen LogP contribution in [0.15, 0.2) is 6.33 Å². The zero-order valence-corrected chi connectivity index (χ0v) is 9.88. The van der Waals surface area contributed by atoms with E-state index in [1.54, 1.807) is 4.68 Å². The molecule has 16 heavy (non-hydrogen) atoms. The van der Waals surface area contributed by atoms with Crippen molar-refractivity contribution < 1.29 is 9.53 Å². The number of methoxy groups -OCH3 is 1. The normalized spacial score (nSPS) is 12.8. The van der Waals surface area contributed by atoms with Crippen molar-refractivity contribution in [2.75, 3.05) is 7.11 Å². The smallest absolute Gasteiger partial charge is 0.323 e. The van der Waals surface area contributed by atoms with Crippen LogP contribution >= 0.6 is 0 Å². The van der Waals surface area contributed by atoms with Crippen LogP contribution in [0.1, 0.15) is 19.7 Å². The lowest BCUT2D eigenvalue weighted by Gasteiger charge is -2.11. The van der Waals surface area contributed by atoms with Crippen molar-refractivity contribution >= 4 is 5.97 Å². The molecule has 90 valence electrons. The Balaban J connectivity index is 2.66. The van der Waals surface area contributed by atoms with E-state index < -0.39 is 12.0 Å². The lowest BCUT2D eigenvalue weighted by molar-refractivity contribution is -0.142. The fourth-order valence-corrected chi connectivity index (χ4v) is 1.38. The zero-order valence-electron chi connectivity index (χ0n) is 9.88. The molecule has 1 heterocycles. The van der Waals surface area contributed by atoms with Gasteiger partial charge in [-0.15, -0.1) is 0 Å². The van der Waals surface area contributed by atoms with Gasteiger partial charge in [-0.25, -0.2) is 9.67 Å². The van der Waals surface area contributed by atoms with Crippen LogP contribution in [0.25, 0.3) is 0 Å². The van der Waals surface area contributed by atoms with Crippen molar-refractivity contribution in [3.63, 3.8) is 0 Å². The summed E-state index contributed by atoms with van der Waals surface area (Å²) in [6, 6.07) is -0.680. The van der Waals surface area contributed by atoms with Crippen molar-refractivity contribution in [2.45, 2.75) is 32.9 Å². The van der Waals surface area contributed by atoms with Crippen LogP contribution in [0.2, 0.25) is 0 Å². The van der Waals surface area contributed by atoms with Crippen LogP contribution in [0, 0.1) is 5.92 Å². The second kappa shape index (κ2) is 5.60. The lowest BCUT2D eigenvalue weighted by atomic mass is 10.2. The van der Waals surface area contributed by atoms with Gasteiger partial charge in [-0.05, 0) is 5.92 Å². The van der Waals surface area contributed by atoms with Gasteiger partial charge in [0.2, 0.25) is 0 Å². The summed E-state index contributed by atoms with van der Waals surface area (Å²) in [6.07, 6.45) is 1.82. The Hall–Kier alpha value is -1.43.